The molecule has 236 valence electrons. The molecule has 2 atom stereocenters. The lowest BCUT2D eigenvalue weighted by Gasteiger charge is -2.48. The molecule has 0 saturated carbocycles. The SMILES string of the molecule is CC(C)CC(C(=O)NC(CCCN=C(N)N)C(=O)c1nc2ccccc2s1)N(C(=O)O)C1(Cc2ccccc2)CCNCC1. The Balaban J connectivity index is 1.67. The van der Waals surface area contributed by atoms with Gasteiger partial charge in [0.25, 0.3) is 0 Å². The second-order valence-corrected chi connectivity index (χ2v) is 12.8. The molecule has 2 aromatic carbocycles. The number of amides is 2. The maximum absolute atomic E-state index is 14.3. The number of thiazole rings is 1. The molecule has 2 amide bonds. The lowest BCUT2D eigenvalue weighted by atomic mass is 9.79. The first-order valence-corrected chi connectivity index (χ1v) is 15.9. The van der Waals surface area contributed by atoms with E-state index in [4.69, 9.17) is 11.5 Å². The molecule has 12 heteroatoms. The van der Waals surface area contributed by atoms with E-state index in [0.717, 1.165) is 10.3 Å². The summed E-state index contributed by atoms with van der Waals surface area (Å²) >= 11 is 1.27. The molecule has 44 heavy (non-hydrogen) atoms. The van der Waals surface area contributed by atoms with Crippen molar-refractivity contribution in [3.05, 3.63) is 65.2 Å². The van der Waals surface area contributed by atoms with Crippen LogP contribution in [-0.4, -0.2) is 76.0 Å². The second-order valence-electron chi connectivity index (χ2n) is 11.8. The number of piperidine rings is 1. The quantitative estimate of drug-likeness (QED) is 0.0782. The fourth-order valence-electron chi connectivity index (χ4n) is 5.98. The van der Waals surface area contributed by atoms with Crippen LogP contribution >= 0.6 is 11.3 Å². The van der Waals surface area contributed by atoms with E-state index in [0.29, 0.717) is 50.7 Å². The number of guanidine groups is 1. The van der Waals surface area contributed by atoms with Gasteiger partial charge >= 0.3 is 6.09 Å². The van der Waals surface area contributed by atoms with Gasteiger partial charge in [0.15, 0.2) is 11.0 Å². The molecule has 11 nitrogen and oxygen atoms in total. The third-order valence-electron chi connectivity index (χ3n) is 8.02. The van der Waals surface area contributed by atoms with Gasteiger partial charge in [-0.2, -0.15) is 0 Å². The van der Waals surface area contributed by atoms with Crippen molar-refractivity contribution < 1.29 is 19.5 Å². The number of aliphatic imine (C=N–C) groups is 1. The number of para-hydroxylation sites is 1. The van der Waals surface area contributed by atoms with Gasteiger partial charge < -0.3 is 27.2 Å². The summed E-state index contributed by atoms with van der Waals surface area (Å²) in [6, 6.07) is 15.3. The van der Waals surface area contributed by atoms with Crippen molar-refractivity contribution in [2.75, 3.05) is 19.6 Å². The highest BCUT2D eigenvalue weighted by molar-refractivity contribution is 7.20. The zero-order chi connectivity index (χ0) is 31.7. The van der Waals surface area contributed by atoms with E-state index < -0.39 is 29.6 Å². The van der Waals surface area contributed by atoms with Crippen molar-refractivity contribution in [1.82, 2.24) is 20.5 Å². The maximum atomic E-state index is 14.3. The molecular weight excluding hydrogens is 578 g/mol. The minimum atomic E-state index is -1.15. The number of carbonyl (C=O) groups excluding carboxylic acids is 2. The van der Waals surface area contributed by atoms with Crippen molar-refractivity contribution in [1.29, 1.82) is 0 Å². The van der Waals surface area contributed by atoms with Gasteiger partial charge in [0, 0.05) is 6.54 Å². The van der Waals surface area contributed by atoms with Crippen LogP contribution < -0.4 is 22.1 Å². The van der Waals surface area contributed by atoms with E-state index in [9.17, 15) is 19.5 Å². The normalized spacial score (nSPS) is 15.8. The molecule has 0 aliphatic carbocycles. The monoisotopic (exact) mass is 621 g/mol. The number of carboxylic acid groups (broad SMARTS) is 1. The molecule has 4 rings (SSSR count). The van der Waals surface area contributed by atoms with Crippen LogP contribution in [0.1, 0.15) is 61.3 Å². The number of nitrogens with zero attached hydrogens (tertiary/aromatic N) is 3. The predicted octanol–water partition coefficient (Wildman–Crippen LogP) is 3.78. The summed E-state index contributed by atoms with van der Waals surface area (Å²) < 4.78 is 0.866. The first-order valence-electron chi connectivity index (χ1n) is 15.1. The molecule has 1 aliphatic heterocycles. The van der Waals surface area contributed by atoms with Crippen LogP contribution in [-0.2, 0) is 11.2 Å². The summed E-state index contributed by atoms with van der Waals surface area (Å²) in [5.74, 6) is -0.852. The Morgan fingerprint density at radius 3 is 2.41 bits per heavy atom. The molecule has 3 aromatic rings. The van der Waals surface area contributed by atoms with E-state index in [1.165, 1.54) is 16.2 Å². The van der Waals surface area contributed by atoms with Crippen LogP contribution in [0.25, 0.3) is 10.2 Å². The van der Waals surface area contributed by atoms with Crippen molar-refractivity contribution >= 4 is 45.3 Å². The summed E-state index contributed by atoms with van der Waals surface area (Å²) in [7, 11) is 0. The number of carbonyl (C=O) groups is 3. The molecular formula is C32H43N7O4S. The molecule has 2 unspecified atom stereocenters. The van der Waals surface area contributed by atoms with Gasteiger partial charge in [0.05, 0.1) is 21.8 Å². The predicted molar refractivity (Wildman–Crippen MR) is 174 cm³/mol. The van der Waals surface area contributed by atoms with Crippen molar-refractivity contribution in [3.8, 4) is 0 Å². The Bertz CT molecular complexity index is 1420. The average Bonchev–Trinajstić information content (AvgIpc) is 3.43. The van der Waals surface area contributed by atoms with Gasteiger partial charge in [-0.3, -0.25) is 19.5 Å². The standard InChI is InChI=1S/C32H43N7O4S/c1-21(2)19-25(39(31(42)43)32(14-17-35-18-15-32)20-22-9-4-3-5-10-22)28(41)37-24(12-8-16-36-30(33)34)27(40)29-38-23-11-6-7-13-26(23)44-29/h3-7,9-11,13,21,24-25,35H,8,12,14-20H2,1-2H3,(H,37,41)(H,42,43)(H4,33,34,36). The highest BCUT2D eigenvalue weighted by Crippen LogP contribution is 2.34. The number of nitrogens with two attached hydrogens (primary N) is 2. The Morgan fingerprint density at radius 2 is 1.77 bits per heavy atom. The summed E-state index contributed by atoms with van der Waals surface area (Å²) in [6.45, 7) is 5.48. The fourth-order valence-corrected chi connectivity index (χ4v) is 6.94. The third-order valence-corrected chi connectivity index (χ3v) is 9.07. The maximum Gasteiger partial charge on any atom is 0.408 e. The molecule has 1 aromatic heterocycles. The number of hydrogen-bond donors (Lipinski definition) is 5. The number of hydrogen-bond acceptors (Lipinski definition) is 7. The number of fused-ring (bicyclic) bond motifs is 1. The molecule has 7 N–H and O–H groups in total. The Labute approximate surface area is 262 Å². The second kappa shape index (κ2) is 15.1. The lowest BCUT2D eigenvalue weighted by molar-refractivity contribution is -0.130. The van der Waals surface area contributed by atoms with Gasteiger partial charge in [-0.1, -0.05) is 56.3 Å². The molecule has 0 spiro atoms. The zero-order valence-electron chi connectivity index (χ0n) is 25.4. The first kappa shape index (κ1) is 32.9. The molecule has 1 fully saturated rings. The molecule has 1 aliphatic rings. The fraction of sp³-hybridized carbons (Fsp3) is 0.469. The minimum Gasteiger partial charge on any atom is -0.465 e. The van der Waals surface area contributed by atoms with Crippen LogP contribution in [0.4, 0.5) is 4.79 Å². The summed E-state index contributed by atoms with van der Waals surface area (Å²) in [4.78, 5) is 51.2. The topological polar surface area (TPSA) is 176 Å². The highest BCUT2D eigenvalue weighted by atomic mass is 32.1. The van der Waals surface area contributed by atoms with Crippen LogP contribution in [0.2, 0.25) is 0 Å². The number of aromatic nitrogens is 1. The number of nitrogens with one attached hydrogen (secondary N) is 2. The summed E-state index contributed by atoms with van der Waals surface area (Å²) in [5, 5.41) is 17.3. The minimum absolute atomic E-state index is 0.0170. The van der Waals surface area contributed by atoms with Crippen LogP contribution in [0.5, 0.6) is 0 Å². The van der Waals surface area contributed by atoms with Gasteiger partial charge in [0.1, 0.15) is 6.04 Å². The molecule has 0 radical (unpaired) electrons. The van der Waals surface area contributed by atoms with Gasteiger partial charge in [-0.05, 0) is 75.2 Å². The van der Waals surface area contributed by atoms with Gasteiger partial charge in [-0.15, -0.1) is 11.3 Å². The third kappa shape index (κ3) is 8.32. The zero-order valence-corrected chi connectivity index (χ0v) is 26.2. The number of ketones is 1. The summed E-state index contributed by atoms with van der Waals surface area (Å²) in [6.07, 6.45) is 1.45. The van der Waals surface area contributed by atoms with Crippen LogP contribution in [0.15, 0.2) is 59.6 Å². The molecule has 1 saturated heterocycles. The number of Topliss-reactive ketones (excluding diaryl/α,β-unsaturated/α-hetero) is 1. The largest absolute Gasteiger partial charge is 0.465 e. The first-order chi connectivity index (χ1) is 21.1. The van der Waals surface area contributed by atoms with Gasteiger partial charge in [-0.25, -0.2) is 9.78 Å². The van der Waals surface area contributed by atoms with Crippen molar-refractivity contribution in [2.45, 2.75) is 70.0 Å². The van der Waals surface area contributed by atoms with Crippen LogP contribution in [0.3, 0.4) is 0 Å². The van der Waals surface area contributed by atoms with E-state index in [2.05, 4.69) is 20.6 Å². The number of rotatable bonds is 14. The van der Waals surface area contributed by atoms with E-state index >= 15 is 0 Å². The Hall–Kier alpha value is -4.03. The van der Waals surface area contributed by atoms with Crippen LogP contribution in [0, 0.1) is 5.92 Å². The highest BCUT2D eigenvalue weighted by Gasteiger charge is 2.47. The van der Waals surface area contributed by atoms with Crippen molar-refractivity contribution in [2.24, 2.45) is 22.4 Å². The molecule has 2 heterocycles. The lowest BCUT2D eigenvalue weighted by Crippen LogP contribution is -2.65. The Morgan fingerprint density at radius 1 is 1.09 bits per heavy atom. The van der Waals surface area contributed by atoms with Gasteiger partial charge in [0.2, 0.25) is 11.7 Å². The van der Waals surface area contributed by atoms with Crippen molar-refractivity contribution in [3.63, 3.8) is 0 Å². The number of benzene rings is 2. The van der Waals surface area contributed by atoms with E-state index in [1.54, 1.807) is 0 Å². The average molecular weight is 622 g/mol. The molecule has 0 bridgehead atoms. The van der Waals surface area contributed by atoms with E-state index in [-0.39, 0.29) is 35.6 Å². The Kier molecular flexibility index (Phi) is 11.3. The summed E-state index contributed by atoms with van der Waals surface area (Å²) in [5.41, 5.74) is 11.9. The van der Waals surface area contributed by atoms with E-state index in [1.807, 2.05) is 68.4 Å². The smallest absolute Gasteiger partial charge is 0.408 e.